The second kappa shape index (κ2) is 11.7. The van der Waals surface area contributed by atoms with Crippen molar-refractivity contribution in [1.82, 2.24) is 0 Å². The molecule has 38 heavy (non-hydrogen) atoms. The Balaban J connectivity index is 1.95. The van der Waals surface area contributed by atoms with Gasteiger partial charge in [-0.3, -0.25) is 0 Å². The molecule has 0 aliphatic heterocycles. The molecule has 210 valence electrons. The first-order valence-corrected chi connectivity index (χ1v) is 21.9. The number of rotatable bonds is 8. The van der Waals surface area contributed by atoms with Crippen LogP contribution in [0.25, 0.3) is 0 Å². The summed E-state index contributed by atoms with van der Waals surface area (Å²) >= 11 is 0. The first-order chi connectivity index (χ1) is 17.4. The molecule has 2 aromatic carbocycles. The van der Waals surface area contributed by atoms with Crippen LogP contribution in [0.2, 0.25) is 36.3 Å². The van der Waals surface area contributed by atoms with Crippen LogP contribution >= 0.6 is 7.14 Å². The van der Waals surface area contributed by atoms with Gasteiger partial charge in [0, 0.05) is 16.8 Å². The molecule has 0 radical (unpaired) electrons. The van der Waals surface area contributed by atoms with Crippen LogP contribution in [-0.4, -0.2) is 35.0 Å². The molecular weight excluding hydrogens is 519 g/mol. The van der Waals surface area contributed by atoms with E-state index in [9.17, 15) is 4.57 Å². The van der Waals surface area contributed by atoms with Crippen LogP contribution in [0.15, 0.2) is 72.3 Å². The fourth-order valence-corrected chi connectivity index (χ4v) is 9.89. The molecule has 0 amide bonds. The molecule has 3 nitrogen and oxygen atoms in total. The van der Waals surface area contributed by atoms with Crippen molar-refractivity contribution in [2.75, 3.05) is 6.16 Å². The van der Waals surface area contributed by atoms with Crippen LogP contribution in [0.3, 0.4) is 0 Å². The fourth-order valence-electron chi connectivity index (χ4n) is 4.62. The van der Waals surface area contributed by atoms with Crippen LogP contribution in [-0.2, 0) is 13.4 Å². The maximum absolute atomic E-state index is 14.6. The zero-order chi connectivity index (χ0) is 28.4. The Morgan fingerprint density at radius 2 is 1.11 bits per heavy atom. The van der Waals surface area contributed by atoms with E-state index in [-0.39, 0.29) is 22.3 Å². The van der Waals surface area contributed by atoms with Crippen molar-refractivity contribution in [1.29, 1.82) is 0 Å². The molecule has 2 atom stereocenters. The molecule has 0 bridgehead atoms. The molecule has 6 heteroatoms. The summed E-state index contributed by atoms with van der Waals surface area (Å²) in [5.41, 5.74) is 1.33. The summed E-state index contributed by atoms with van der Waals surface area (Å²) in [6, 6.07) is 20.0. The van der Waals surface area contributed by atoms with Crippen molar-refractivity contribution < 1.29 is 13.4 Å². The largest absolute Gasteiger partial charge is 0.414 e. The van der Waals surface area contributed by atoms with Gasteiger partial charge >= 0.3 is 0 Å². The maximum atomic E-state index is 14.6. The van der Waals surface area contributed by atoms with Gasteiger partial charge < -0.3 is 13.4 Å². The maximum Gasteiger partial charge on any atom is 0.192 e. The highest BCUT2D eigenvalue weighted by atomic mass is 31.2. The summed E-state index contributed by atoms with van der Waals surface area (Å²) in [4.78, 5) is 0. The predicted octanol–water partition coefficient (Wildman–Crippen LogP) is 8.89. The van der Waals surface area contributed by atoms with Gasteiger partial charge in [0.1, 0.15) is 7.14 Å². The molecule has 1 aliphatic rings. The summed E-state index contributed by atoms with van der Waals surface area (Å²) in [5.74, 6) is 0. The Labute approximate surface area is 235 Å². The average molecular weight is 571 g/mol. The molecule has 0 spiro atoms. The Kier molecular flexibility index (Phi) is 9.64. The third-order valence-corrected chi connectivity index (χ3v) is 21.1. The minimum absolute atomic E-state index is 0.137. The first kappa shape index (κ1) is 31.3. The lowest BCUT2D eigenvalue weighted by Gasteiger charge is -2.45. The van der Waals surface area contributed by atoms with Gasteiger partial charge in [0.05, 0.1) is 12.2 Å². The first-order valence-electron chi connectivity index (χ1n) is 14.2. The van der Waals surface area contributed by atoms with Gasteiger partial charge in [-0.1, -0.05) is 114 Å². The minimum atomic E-state index is -2.81. The van der Waals surface area contributed by atoms with E-state index in [0.29, 0.717) is 6.16 Å². The molecule has 0 N–H and O–H groups in total. The lowest BCUT2D eigenvalue weighted by Crippen LogP contribution is -2.48. The molecule has 2 aromatic rings. The lowest BCUT2D eigenvalue weighted by atomic mass is 9.90. The van der Waals surface area contributed by atoms with Crippen molar-refractivity contribution in [3.8, 4) is 0 Å². The zero-order valence-electron chi connectivity index (χ0n) is 25.5. The highest BCUT2D eigenvalue weighted by Gasteiger charge is 2.43. The third-order valence-electron chi connectivity index (χ3n) is 9.02. The van der Waals surface area contributed by atoms with Crippen molar-refractivity contribution in [3.05, 3.63) is 72.3 Å². The van der Waals surface area contributed by atoms with E-state index in [4.69, 9.17) is 8.85 Å². The van der Waals surface area contributed by atoms with E-state index in [1.165, 1.54) is 5.57 Å². The summed E-state index contributed by atoms with van der Waals surface area (Å²) < 4.78 is 28.6. The van der Waals surface area contributed by atoms with Crippen LogP contribution in [0.4, 0.5) is 0 Å². The second-order valence-electron chi connectivity index (χ2n) is 14.1. The van der Waals surface area contributed by atoms with Crippen molar-refractivity contribution in [2.24, 2.45) is 0 Å². The molecule has 0 aromatic heterocycles. The zero-order valence-corrected chi connectivity index (χ0v) is 28.4. The third kappa shape index (κ3) is 7.49. The van der Waals surface area contributed by atoms with Gasteiger partial charge in [0.2, 0.25) is 0 Å². The predicted molar refractivity (Wildman–Crippen MR) is 171 cm³/mol. The van der Waals surface area contributed by atoms with Crippen LogP contribution < -0.4 is 10.6 Å². The monoisotopic (exact) mass is 570 g/mol. The minimum Gasteiger partial charge on any atom is -0.414 e. The normalized spacial score (nSPS) is 19.9. The van der Waals surface area contributed by atoms with Crippen LogP contribution in [0.5, 0.6) is 0 Å². The lowest BCUT2D eigenvalue weighted by molar-refractivity contribution is 0.0725. The SMILES string of the molecule is CC(C)(C)[Si](C)(C)OC1CC(=CCP(=O)(c2ccccc2)c2ccccc2)CC(O[Si](C)(C)C(C)(C)C)C1. The quantitative estimate of drug-likeness (QED) is 0.181. The van der Waals surface area contributed by atoms with Crippen molar-refractivity contribution >= 4 is 34.4 Å². The van der Waals surface area contributed by atoms with Gasteiger partial charge in [0.25, 0.3) is 0 Å². The highest BCUT2D eigenvalue weighted by molar-refractivity contribution is 7.78. The molecule has 1 fully saturated rings. The summed E-state index contributed by atoms with van der Waals surface area (Å²) in [6.45, 7) is 23.2. The van der Waals surface area contributed by atoms with E-state index >= 15 is 0 Å². The smallest absolute Gasteiger partial charge is 0.192 e. The topological polar surface area (TPSA) is 35.5 Å². The summed E-state index contributed by atoms with van der Waals surface area (Å²) in [6.07, 6.45) is 5.80. The molecule has 2 unspecified atom stereocenters. The molecule has 0 saturated heterocycles. The van der Waals surface area contributed by atoms with Gasteiger partial charge in [-0.2, -0.15) is 0 Å². The Hall–Kier alpha value is -1.24. The van der Waals surface area contributed by atoms with Crippen LogP contribution in [0.1, 0.15) is 60.8 Å². The van der Waals surface area contributed by atoms with Crippen molar-refractivity contribution in [2.45, 2.75) is 109 Å². The average Bonchev–Trinajstić information content (AvgIpc) is 2.81. The van der Waals surface area contributed by atoms with Gasteiger partial charge in [-0.05, 0) is 55.5 Å². The number of allylic oxidation sites excluding steroid dienone is 1. The second-order valence-corrected chi connectivity index (χ2v) is 26.5. The Morgan fingerprint density at radius 1 is 0.737 bits per heavy atom. The number of hydrogen-bond donors (Lipinski definition) is 0. The highest BCUT2D eigenvalue weighted by Crippen LogP contribution is 2.46. The van der Waals surface area contributed by atoms with E-state index in [1.54, 1.807) is 0 Å². The number of hydrogen-bond acceptors (Lipinski definition) is 3. The molecule has 0 heterocycles. The van der Waals surface area contributed by atoms with E-state index < -0.39 is 23.8 Å². The van der Waals surface area contributed by atoms with Gasteiger partial charge in [0.15, 0.2) is 16.6 Å². The Morgan fingerprint density at radius 3 is 1.45 bits per heavy atom. The summed E-state index contributed by atoms with van der Waals surface area (Å²) in [5, 5.41) is 2.14. The van der Waals surface area contributed by atoms with Gasteiger partial charge in [-0.25, -0.2) is 0 Å². The van der Waals surface area contributed by atoms with Crippen molar-refractivity contribution in [3.63, 3.8) is 0 Å². The number of benzene rings is 2. The van der Waals surface area contributed by atoms with E-state index in [1.807, 2.05) is 60.7 Å². The van der Waals surface area contributed by atoms with Gasteiger partial charge in [-0.15, -0.1) is 0 Å². The molecule has 1 aliphatic carbocycles. The van der Waals surface area contributed by atoms with E-state index in [2.05, 4.69) is 73.8 Å². The summed E-state index contributed by atoms with van der Waals surface area (Å²) in [7, 11) is -6.68. The standard InChI is InChI=1S/C32H51O3PSi2/c1-31(2,3)37(7,8)34-27-23-26(24-28(25-27)35-38(9,10)32(4,5)6)21-22-36(33,29-17-13-11-14-18-29)30-19-15-12-16-20-30/h11-21,27-28H,22-25H2,1-10H3. The molecular formula is C32H51O3PSi2. The molecule has 1 saturated carbocycles. The Bertz CT molecular complexity index is 1050. The molecule has 3 rings (SSSR count). The fraction of sp³-hybridized carbons (Fsp3) is 0.562. The van der Waals surface area contributed by atoms with Crippen LogP contribution in [0, 0.1) is 0 Å². The van der Waals surface area contributed by atoms with E-state index in [0.717, 1.165) is 29.9 Å².